The second-order valence-corrected chi connectivity index (χ2v) is 7.94. The highest BCUT2D eigenvalue weighted by molar-refractivity contribution is 6.51. The molecule has 0 bridgehead atoms. The molecule has 1 unspecified atom stereocenters. The first kappa shape index (κ1) is 23.3. The number of hydrogen-bond donors (Lipinski definition) is 1. The van der Waals surface area contributed by atoms with Crippen LogP contribution in [0.2, 0.25) is 5.02 Å². The molecule has 1 fully saturated rings. The quantitative estimate of drug-likeness (QED) is 0.285. The number of Topliss-reactive ketones (excluding diaryl/α,β-unsaturated/α-hetero) is 1. The first-order chi connectivity index (χ1) is 16.3. The number of anilines is 1. The predicted molar refractivity (Wildman–Crippen MR) is 127 cm³/mol. The Balaban J connectivity index is 1.96. The Morgan fingerprint density at radius 2 is 1.79 bits per heavy atom. The number of hydrogen-bond acceptors (Lipinski definition) is 5. The molecular weight excluding hydrogens is 461 g/mol. The number of benzene rings is 3. The maximum absolute atomic E-state index is 13.5. The van der Waals surface area contributed by atoms with Gasteiger partial charge in [0.05, 0.1) is 25.3 Å². The molecule has 174 valence electrons. The van der Waals surface area contributed by atoms with Crippen molar-refractivity contribution in [2.45, 2.75) is 13.0 Å². The van der Waals surface area contributed by atoms with Crippen LogP contribution >= 0.6 is 11.6 Å². The Morgan fingerprint density at radius 3 is 2.44 bits per heavy atom. The van der Waals surface area contributed by atoms with Crippen molar-refractivity contribution in [1.29, 1.82) is 0 Å². The number of halogens is 2. The van der Waals surface area contributed by atoms with E-state index < -0.39 is 29.3 Å². The molecule has 1 heterocycles. The van der Waals surface area contributed by atoms with Crippen molar-refractivity contribution in [1.82, 2.24) is 0 Å². The highest BCUT2D eigenvalue weighted by Crippen LogP contribution is 2.44. The van der Waals surface area contributed by atoms with Gasteiger partial charge < -0.3 is 14.6 Å². The van der Waals surface area contributed by atoms with Crippen LogP contribution in [0.15, 0.2) is 72.3 Å². The molecule has 34 heavy (non-hydrogen) atoms. The summed E-state index contributed by atoms with van der Waals surface area (Å²) < 4.78 is 24.5. The maximum atomic E-state index is 13.5. The second kappa shape index (κ2) is 9.57. The minimum atomic E-state index is -0.992. The van der Waals surface area contributed by atoms with Crippen molar-refractivity contribution in [3.63, 3.8) is 0 Å². The van der Waals surface area contributed by atoms with Crippen molar-refractivity contribution >= 4 is 34.7 Å². The van der Waals surface area contributed by atoms with Crippen molar-refractivity contribution < 1.29 is 28.6 Å². The van der Waals surface area contributed by atoms with E-state index in [1.165, 1.54) is 24.1 Å². The number of carbonyl (C=O) groups excluding carboxylic acids is 2. The molecule has 0 radical (unpaired) electrons. The van der Waals surface area contributed by atoms with Crippen molar-refractivity contribution in [3.8, 4) is 11.5 Å². The van der Waals surface area contributed by atoms with Crippen LogP contribution in [0.3, 0.4) is 0 Å². The summed E-state index contributed by atoms with van der Waals surface area (Å²) in [7, 11) is 1.50. The minimum Gasteiger partial charge on any atom is -0.507 e. The number of nitrogens with zero attached hydrogens (tertiary/aromatic N) is 1. The number of ether oxygens (including phenoxy) is 2. The van der Waals surface area contributed by atoms with Gasteiger partial charge in [-0.15, -0.1) is 0 Å². The van der Waals surface area contributed by atoms with Gasteiger partial charge >= 0.3 is 0 Å². The summed E-state index contributed by atoms with van der Waals surface area (Å²) in [5.74, 6) is -1.72. The molecule has 6 nitrogen and oxygen atoms in total. The molecule has 0 saturated carbocycles. The molecule has 8 heteroatoms. The SMILES string of the molecule is CCOc1cc(C2/C(=C(/O)c3ccc(F)cc3)C(=O)C(=O)N2c2cccc(Cl)c2)ccc1OC. The zero-order chi connectivity index (χ0) is 24.4. The van der Waals surface area contributed by atoms with Crippen LogP contribution in [0.5, 0.6) is 11.5 Å². The Bertz CT molecular complexity index is 1290. The van der Waals surface area contributed by atoms with Gasteiger partial charge in [-0.3, -0.25) is 14.5 Å². The van der Waals surface area contributed by atoms with E-state index in [0.717, 1.165) is 12.1 Å². The van der Waals surface area contributed by atoms with E-state index in [1.807, 2.05) is 6.92 Å². The number of carbonyl (C=O) groups is 2. The van der Waals surface area contributed by atoms with E-state index in [9.17, 15) is 19.1 Å². The van der Waals surface area contributed by atoms with Gasteiger partial charge in [0.1, 0.15) is 11.6 Å². The highest BCUT2D eigenvalue weighted by Gasteiger charge is 2.47. The van der Waals surface area contributed by atoms with Gasteiger partial charge in [0.15, 0.2) is 11.5 Å². The van der Waals surface area contributed by atoms with Gasteiger partial charge in [0, 0.05) is 16.3 Å². The molecule has 0 aromatic heterocycles. The fourth-order valence-electron chi connectivity index (χ4n) is 3.94. The summed E-state index contributed by atoms with van der Waals surface area (Å²) in [6.07, 6.45) is 0. The van der Waals surface area contributed by atoms with Gasteiger partial charge in [0.2, 0.25) is 0 Å². The van der Waals surface area contributed by atoms with Crippen LogP contribution in [-0.4, -0.2) is 30.5 Å². The lowest BCUT2D eigenvalue weighted by atomic mass is 9.94. The molecule has 1 aliphatic heterocycles. The molecule has 0 spiro atoms. The van der Waals surface area contributed by atoms with Crippen LogP contribution in [0.4, 0.5) is 10.1 Å². The summed E-state index contributed by atoms with van der Waals surface area (Å²) in [5.41, 5.74) is 0.955. The van der Waals surface area contributed by atoms with Crippen molar-refractivity contribution in [3.05, 3.63) is 94.3 Å². The normalized spacial score (nSPS) is 17.2. The molecule has 1 N–H and O–H groups in total. The van der Waals surface area contributed by atoms with Crippen molar-refractivity contribution in [2.75, 3.05) is 18.6 Å². The third-order valence-electron chi connectivity index (χ3n) is 5.45. The first-order valence-electron chi connectivity index (χ1n) is 10.5. The van der Waals surface area contributed by atoms with Gasteiger partial charge in [-0.1, -0.05) is 23.7 Å². The maximum Gasteiger partial charge on any atom is 0.300 e. The van der Waals surface area contributed by atoms with E-state index >= 15 is 0 Å². The molecule has 0 aliphatic carbocycles. The van der Waals surface area contributed by atoms with E-state index in [4.69, 9.17) is 21.1 Å². The fourth-order valence-corrected chi connectivity index (χ4v) is 4.12. The highest BCUT2D eigenvalue weighted by atomic mass is 35.5. The van der Waals surface area contributed by atoms with E-state index in [2.05, 4.69) is 0 Å². The summed E-state index contributed by atoms with van der Waals surface area (Å²) in [6, 6.07) is 15.5. The molecule has 1 atom stereocenters. The summed E-state index contributed by atoms with van der Waals surface area (Å²) in [4.78, 5) is 27.7. The van der Waals surface area contributed by atoms with E-state index in [-0.39, 0.29) is 11.1 Å². The fraction of sp³-hybridized carbons (Fsp3) is 0.154. The van der Waals surface area contributed by atoms with Gasteiger partial charge in [-0.05, 0) is 67.1 Å². The molecule has 3 aromatic carbocycles. The Hall–Kier alpha value is -3.84. The van der Waals surface area contributed by atoms with Crippen molar-refractivity contribution in [2.24, 2.45) is 0 Å². The zero-order valence-electron chi connectivity index (χ0n) is 18.4. The Morgan fingerprint density at radius 1 is 1.06 bits per heavy atom. The number of ketones is 1. The monoisotopic (exact) mass is 481 g/mol. The smallest absolute Gasteiger partial charge is 0.300 e. The molecule has 1 aliphatic rings. The number of methoxy groups -OCH3 is 1. The summed E-state index contributed by atoms with van der Waals surface area (Å²) in [6.45, 7) is 2.18. The molecule has 3 aromatic rings. The van der Waals surface area contributed by atoms with Gasteiger partial charge in [-0.25, -0.2) is 4.39 Å². The third-order valence-corrected chi connectivity index (χ3v) is 5.69. The van der Waals surface area contributed by atoms with Crippen LogP contribution < -0.4 is 14.4 Å². The molecule has 1 saturated heterocycles. The summed E-state index contributed by atoms with van der Waals surface area (Å²) in [5, 5.41) is 11.5. The minimum absolute atomic E-state index is 0.135. The van der Waals surface area contributed by atoms with Crippen LogP contribution in [0.1, 0.15) is 24.1 Å². The van der Waals surface area contributed by atoms with Crippen LogP contribution in [-0.2, 0) is 9.59 Å². The third kappa shape index (κ3) is 4.22. The average molecular weight is 482 g/mol. The molecule has 1 amide bonds. The lowest BCUT2D eigenvalue weighted by Gasteiger charge is -2.26. The average Bonchev–Trinajstić information content (AvgIpc) is 3.09. The Kier molecular flexibility index (Phi) is 6.56. The lowest BCUT2D eigenvalue weighted by molar-refractivity contribution is -0.132. The van der Waals surface area contributed by atoms with Crippen LogP contribution in [0.25, 0.3) is 5.76 Å². The van der Waals surface area contributed by atoms with Gasteiger partial charge in [-0.2, -0.15) is 0 Å². The van der Waals surface area contributed by atoms with Gasteiger partial charge in [0.25, 0.3) is 11.7 Å². The molecule has 4 rings (SSSR count). The predicted octanol–water partition coefficient (Wildman–Crippen LogP) is 5.51. The lowest BCUT2D eigenvalue weighted by Crippen LogP contribution is -2.29. The first-order valence-corrected chi connectivity index (χ1v) is 10.9. The number of aliphatic hydroxyl groups excluding tert-OH is 1. The largest absolute Gasteiger partial charge is 0.507 e. The number of amides is 1. The van der Waals surface area contributed by atoms with E-state index in [1.54, 1.807) is 42.5 Å². The topological polar surface area (TPSA) is 76.1 Å². The second-order valence-electron chi connectivity index (χ2n) is 7.50. The Labute approximate surface area is 200 Å². The zero-order valence-corrected chi connectivity index (χ0v) is 19.2. The van der Waals surface area contributed by atoms with Crippen LogP contribution in [0, 0.1) is 5.82 Å². The molecular formula is C26H21ClFNO5. The summed E-state index contributed by atoms with van der Waals surface area (Å²) >= 11 is 6.16. The van der Waals surface area contributed by atoms with E-state index in [0.29, 0.717) is 34.4 Å². The number of rotatable bonds is 6. The number of aliphatic hydroxyl groups is 1. The standard InChI is InChI=1S/C26H21ClFNO5/c1-3-34-21-13-16(9-12-20(21)33-2)23-22(24(30)15-7-10-18(28)11-8-15)25(31)26(32)29(23)19-6-4-5-17(27)14-19/h4-14,23,30H,3H2,1-2H3/b24-22-.